The van der Waals surface area contributed by atoms with Crippen molar-refractivity contribution in [2.45, 2.75) is 44.9 Å². The number of anilines is 1. The summed E-state index contributed by atoms with van der Waals surface area (Å²) < 4.78 is 0. The lowest BCUT2D eigenvalue weighted by Gasteiger charge is -2.24. The van der Waals surface area contributed by atoms with Gasteiger partial charge in [-0.05, 0) is 51.6 Å². The molecule has 0 amide bonds. The van der Waals surface area contributed by atoms with Gasteiger partial charge in [0.25, 0.3) is 0 Å². The van der Waals surface area contributed by atoms with Crippen molar-refractivity contribution in [3.05, 3.63) is 29.8 Å². The van der Waals surface area contributed by atoms with E-state index in [9.17, 15) is 9.90 Å². The molecule has 0 aliphatic heterocycles. The van der Waals surface area contributed by atoms with E-state index in [0.717, 1.165) is 38.0 Å². The van der Waals surface area contributed by atoms with Gasteiger partial charge >= 0.3 is 0 Å². The van der Waals surface area contributed by atoms with Crippen molar-refractivity contribution in [2.24, 2.45) is 0 Å². The van der Waals surface area contributed by atoms with Crippen LogP contribution in [0.2, 0.25) is 0 Å². The minimum absolute atomic E-state index is 0.167. The molecule has 5 heteroatoms. The van der Waals surface area contributed by atoms with Crippen LogP contribution in [0.4, 0.5) is 5.69 Å². The molecule has 0 saturated carbocycles. The van der Waals surface area contributed by atoms with E-state index >= 15 is 0 Å². The highest BCUT2D eigenvalue weighted by atomic mass is 16.3. The predicted octanol–water partition coefficient (Wildman–Crippen LogP) is 1.55. The van der Waals surface area contributed by atoms with Crippen molar-refractivity contribution >= 4 is 12.0 Å². The lowest BCUT2D eigenvalue weighted by atomic mass is 10.1. The maximum absolute atomic E-state index is 10.6. The lowest BCUT2D eigenvalue weighted by molar-refractivity contribution is -0.108. The Morgan fingerprint density at radius 3 is 2.48 bits per heavy atom. The van der Waals surface area contributed by atoms with Gasteiger partial charge in [-0.25, -0.2) is 0 Å². The van der Waals surface area contributed by atoms with Crippen LogP contribution in [0.25, 0.3) is 0 Å². The smallest absolute Gasteiger partial charge is 0.121 e. The molecule has 0 aromatic heterocycles. The topological polar surface area (TPSA) is 64.6 Å². The van der Waals surface area contributed by atoms with Crippen molar-refractivity contribution in [2.75, 3.05) is 32.1 Å². The third kappa shape index (κ3) is 8.11. The average molecular weight is 321 g/mol. The molecule has 23 heavy (non-hydrogen) atoms. The molecule has 3 N–H and O–H groups in total. The molecule has 5 nitrogen and oxygen atoms in total. The standard InChI is InChI=1S/C18H31N3O2/c1-18(2,23)10-11-20-13-15-5-7-17(8-6-15)21(4)14-16(19-3)9-12-22/h5-8,12,16,19-20,23H,9-11,13-14H2,1-4H3. The Bertz CT molecular complexity index is 454. The molecule has 1 aromatic carbocycles. The van der Waals surface area contributed by atoms with Crippen LogP contribution in [-0.4, -0.2) is 50.2 Å². The molecule has 0 heterocycles. The number of nitrogens with one attached hydrogen (secondary N) is 2. The van der Waals surface area contributed by atoms with Crippen LogP contribution < -0.4 is 15.5 Å². The molecule has 1 aromatic rings. The zero-order valence-electron chi connectivity index (χ0n) is 14.8. The number of nitrogens with zero attached hydrogens (tertiary/aromatic N) is 1. The van der Waals surface area contributed by atoms with Gasteiger partial charge in [-0.1, -0.05) is 12.1 Å². The second-order valence-electron chi connectivity index (χ2n) is 6.67. The minimum atomic E-state index is -0.620. The van der Waals surface area contributed by atoms with Crippen LogP contribution in [0.1, 0.15) is 32.3 Å². The van der Waals surface area contributed by atoms with Gasteiger partial charge in [0.1, 0.15) is 6.29 Å². The minimum Gasteiger partial charge on any atom is -0.390 e. The molecule has 0 aliphatic carbocycles. The molecule has 1 atom stereocenters. The number of rotatable bonds is 11. The van der Waals surface area contributed by atoms with Crippen LogP contribution in [0, 0.1) is 0 Å². The normalized spacial score (nSPS) is 12.9. The maximum Gasteiger partial charge on any atom is 0.121 e. The largest absolute Gasteiger partial charge is 0.390 e. The average Bonchev–Trinajstić information content (AvgIpc) is 2.50. The molecule has 0 bridgehead atoms. The van der Waals surface area contributed by atoms with Gasteiger partial charge in [0, 0.05) is 38.3 Å². The number of carbonyl (C=O) groups is 1. The van der Waals surface area contributed by atoms with Crippen LogP contribution >= 0.6 is 0 Å². The molecule has 0 fully saturated rings. The fraction of sp³-hybridized carbons (Fsp3) is 0.611. The Hall–Kier alpha value is -1.43. The molecule has 130 valence electrons. The summed E-state index contributed by atoms with van der Waals surface area (Å²) in [7, 11) is 3.91. The SMILES string of the molecule is CNC(CC=O)CN(C)c1ccc(CNCCC(C)(C)O)cc1. The summed E-state index contributed by atoms with van der Waals surface area (Å²) in [5.74, 6) is 0. The second kappa shape index (κ2) is 9.65. The van der Waals surface area contributed by atoms with Gasteiger partial charge in [-0.15, -0.1) is 0 Å². The number of benzene rings is 1. The highest BCUT2D eigenvalue weighted by Crippen LogP contribution is 2.14. The van der Waals surface area contributed by atoms with E-state index in [2.05, 4.69) is 39.8 Å². The fourth-order valence-electron chi connectivity index (χ4n) is 2.33. The maximum atomic E-state index is 10.6. The first-order chi connectivity index (χ1) is 10.9. The van der Waals surface area contributed by atoms with Crippen molar-refractivity contribution in [3.8, 4) is 0 Å². The molecule has 1 unspecified atom stereocenters. The lowest BCUT2D eigenvalue weighted by Crippen LogP contribution is -2.38. The van der Waals surface area contributed by atoms with E-state index < -0.39 is 5.60 Å². The Labute approximate surface area is 140 Å². The summed E-state index contributed by atoms with van der Waals surface area (Å²) in [5.41, 5.74) is 1.73. The number of aldehydes is 1. The predicted molar refractivity (Wildman–Crippen MR) is 95.9 cm³/mol. The highest BCUT2D eigenvalue weighted by molar-refractivity contribution is 5.51. The number of carbonyl (C=O) groups excluding carboxylic acids is 1. The molecular formula is C18H31N3O2. The number of aliphatic hydroxyl groups is 1. The molecule has 0 aliphatic rings. The molecule has 0 radical (unpaired) electrons. The summed E-state index contributed by atoms with van der Waals surface area (Å²) >= 11 is 0. The van der Waals surface area contributed by atoms with Crippen molar-refractivity contribution in [1.82, 2.24) is 10.6 Å². The van der Waals surface area contributed by atoms with Crippen molar-refractivity contribution in [3.63, 3.8) is 0 Å². The van der Waals surface area contributed by atoms with E-state index in [4.69, 9.17) is 0 Å². The Balaban J connectivity index is 2.44. The summed E-state index contributed by atoms with van der Waals surface area (Å²) in [6.45, 7) is 6.02. The first kappa shape index (κ1) is 19.6. The van der Waals surface area contributed by atoms with E-state index in [0.29, 0.717) is 6.42 Å². The van der Waals surface area contributed by atoms with Gasteiger partial charge < -0.3 is 25.4 Å². The first-order valence-corrected chi connectivity index (χ1v) is 8.20. The van der Waals surface area contributed by atoms with Gasteiger partial charge in [0.15, 0.2) is 0 Å². The van der Waals surface area contributed by atoms with Crippen LogP contribution in [0.5, 0.6) is 0 Å². The van der Waals surface area contributed by atoms with E-state index in [1.165, 1.54) is 5.56 Å². The van der Waals surface area contributed by atoms with Crippen LogP contribution in [0.3, 0.4) is 0 Å². The number of likely N-dealkylation sites (N-methyl/N-ethyl adjacent to an activating group) is 2. The second-order valence-corrected chi connectivity index (χ2v) is 6.67. The van der Waals surface area contributed by atoms with Gasteiger partial charge in [0.2, 0.25) is 0 Å². The van der Waals surface area contributed by atoms with E-state index in [1.54, 1.807) is 0 Å². The zero-order chi connectivity index (χ0) is 17.3. The highest BCUT2D eigenvalue weighted by Gasteiger charge is 2.11. The molecule has 1 rings (SSSR count). The third-order valence-corrected chi connectivity index (χ3v) is 3.90. The van der Waals surface area contributed by atoms with Gasteiger partial charge in [0.05, 0.1) is 5.60 Å². The monoisotopic (exact) mass is 321 g/mol. The van der Waals surface area contributed by atoms with Crippen LogP contribution in [-0.2, 0) is 11.3 Å². The van der Waals surface area contributed by atoms with Gasteiger partial charge in [-0.3, -0.25) is 0 Å². The summed E-state index contributed by atoms with van der Waals surface area (Å²) in [6, 6.07) is 8.58. The summed E-state index contributed by atoms with van der Waals surface area (Å²) in [5, 5.41) is 16.2. The summed E-state index contributed by atoms with van der Waals surface area (Å²) in [4.78, 5) is 12.8. The third-order valence-electron chi connectivity index (χ3n) is 3.90. The van der Waals surface area contributed by atoms with Crippen molar-refractivity contribution < 1.29 is 9.90 Å². The quantitative estimate of drug-likeness (QED) is 0.426. The molecule has 0 spiro atoms. The van der Waals surface area contributed by atoms with E-state index in [-0.39, 0.29) is 6.04 Å². The van der Waals surface area contributed by atoms with Crippen LogP contribution in [0.15, 0.2) is 24.3 Å². The Morgan fingerprint density at radius 1 is 1.30 bits per heavy atom. The fourth-order valence-corrected chi connectivity index (χ4v) is 2.33. The first-order valence-electron chi connectivity index (χ1n) is 8.20. The van der Waals surface area contributed by atoms with Crippen molar-refractivity contribution in [1.29, 1.82) is 0 Å². The Morgan fingerprint density at radius 2 is 1.96 bits per heavy atom. The zero-order valence-corrected chi connectivity index (χ0v) is 14.8. The molecular weight excluding hydrogens is 290 g/mol. The Kier molecular flexibility index (Phi) is 8.23. The molecule has 0 saturated heterocycles. The van der Waals surface area contributed by atoms with E-state index in [1.807, 2.05) is 27.9 Å². The number of hydrogen-bond acceptors (Lipinski definition) is 5. The summed E-state index contributed by atoms with van der Waals surface area (Å²) in [6.07, 6.45) is 2.21. The number of hydrogen-bond donors (Lipinski definition) is 3. The van der Waals surface area contributed by atoms with Gasteiger partial charge in [-0.2, -0.15) is 0 Å².